The van der Waals surface area contributed by atoms with E-state index in [2.05, 4.69) is 19.9 Å². The Morgan fingerprint density at radius 2 is 1.90 bits per heavy atom. The Kier molecular flexibility index (Phi) is 5.07. The van der Waals surface area contributed by atoms with Crippen LogP contribution in [-0.2, 0) is 14.8 Å². The van der Waals surface area contributed by atoms with E-state index in [0.29, 0.717) is 30.8 Å². The normalized spacial score (nSPS) is 18.5. The molecule has 156 valence electrons. The second-order valence-corrected chi connectivity index (χ2v) is 8.83. The molecule has 0 bridgehead atoms. The van der Waals surface area contributed by atoms with Crippen LogP contribution < -0.4 is 10.2 Å². The summed E-state index contributed by atoms with van der Waals surface area (Å²) < 4.78 is 59.1. The number of allylic oxidation sites excluding steroid dienone is 2. The molecule has 0 saturated carbocycles. The Morgan fingerprint density at radius 1 is 1.17 bits per heavy atom. The van der Waals surface area contributed by atoms with Gasteiger partial charge < -0.3 is 15.0 Å². The molecule has 2 aromatic rings. The highest BCUT2D eigenvalue weighted by Crippen LogP contribution is 2.33. The van der Waals surface area contributed by atoms with E-state index >= 15 is 0 Å². The number of nitrogens with one attached hydrogen (secondary N) is 1. The lowest BCUT2D eigenvalue weighted by atomic mass is 10.2. The van der Waals surface area contributed by atoms with Crippen molar-refractivity contribution in [3.8, 4) is 0 Å². The monoisotopic (exact) mass is 424 g/mol. The van der Waals surface area contributed by atoms with Gasteiger partial charge in [0.1, 0.15) is 22.5 Å². The molecule has 0 unspecified atom stereocenters. The minimum absolute atomic E-state index is 0.267. The third-order valence-electron chi connectivity index (χ3n) is 4.88. The standard InChI is InChI=1S/C19H22F2N4O3S/c1-19(20,21)28-16-7-2-3-8-17(16)29(26,27)25-13-23-18-14(5-4-6-15(18)25)24-11-9-22-10-12-24/h4-8,13,22H,2-3,9-12H2,1H3. The molecule has 29 heavy (non-hydrogen) atoms. The number of halogens is 2. The van der Waals surface area contributed by atoms with Crippen LogP contribution in [0.15, 0.2) is 47.3 Å². The van der Waals surface area contributed by atoms with Crippen molar-refractivity contribution in [2.45, 2.75) is 25.9 Å². The van der Waals surface area contributed by atoms with E-state index in [1.165, 1.54) is 18.5 Å². The first-order chi connectivity index (χ1) is 13.8. The smallest absolute Gasteiger partial charge is 0.394 e. The van der Waals surface area contributed by atoms with Crippen molar-refractivity contribution in [1.29, 1.82) is 0 Å². The summed E-state index contributed by atoms with van der Waals surface area (Å²) in [7, 11) is -4.16. The number of alkyl halides is 2. The van der Waals surface area contributed by atoms with Crippen LogP contribution in [0.5, 0.6) is 0 Å². The second-order valence-electron chi connectivity index (χ2n) is 7.05. The van der Waals surface area contributed by atoms with E-state index in [1.54, 1.807) is 12.1 Å². The maximum absolute atomic E-state index is 13.4. The van der Waals surface area contributed by atoms with Crippen LogP contribution in [-0.4, -0.2) is 49.7 Å². The van der Waals surface area contributed by atoms with Crippen molar-refractivity contribution in [3.63, 3.8) is 0 Å². The molecule has 4 rings (SSSR count). The summed E-state index contributed by atoms with van der Waals surface area (Å²) in [5.41, 5.74) is 1.81. The van der Waals surface area contributed by atoms with Crippen molar-refractivity contribution in [3.05, 3.63) is 47.3 Å². The molecule has 1 N–H and O–H groups in total. The average Bonchev–Trinajstić information content (AvgIpc) is 3.13. The summed E-state index contributed by atoms with van der Waals surface area (Å²) in [6.07, 6.45) is 1.41. The first-order valence-corrected chi connectivity index (χ1v) is 10.9. The van der Waals surface area contributed by atoms with Crippen LogP contribution in [0.4, 0.5) is 14.5 Å². The molecule has 1 aromatic heterocycles. The van der Waals surface area contributed by atoms with Crippen molar-refractivity contribution in [2.75, 3.05) is 31.1 Å². The number of hydrogen-bond acceptors (Lipinski definition) is 6. The van der Waals surface area contributed by atoms with Crippen molar-refractivity contribution in [2.24, 2.45) is 0 Å². The third kappa shape index (κ3) is 3.86. The zero-order valence-corrected chi connectivity index (χ0v) is 16.8. The topological polar surface area (TPSA) is 76.5 Å². The molecule has 10 heteroatoms. The molecule has 0 amide bonds. The predicted octanol–water partition coefficient (Wildman–Crippen LogP) is 2.81. The molecular weight excluding hydrogens is 402 g/mol. The van der Waals surface area contributed by atoms with E-state index in [-0.39, 0.29) is 10.7 Å². The number of rotatable bonds is 5. The van der Waals surface area contributed by atoms with Crippen LogP contribution >= 0.6 is 0 Å². The molecule has 1 aliphatic heterocycles. The van der Waals surface area contributed by atoms with Gasteiger partial charge in [0.15, 0.2) is 0 Å². The molecule has 7 nitrogen and oxygen atoms in total. The predicted molar refractivity (Wildman–Crippen MR) is 106 cm³/mol. The van der Waals surface area contributed by atoms with Gasteiger partial charge in [-0.05, 0) is 31.1 Å². The van der Waals surface area contributed by atoms with Gasteiger partial charge in [-0.15, -0.1) is 0 Å². The summed E-state index contributed by atoms with van der Waals surface area (Å²) in [5, 5.41) is 3.28. The number of nitrogens with zero attached hydrogens (tertiary/aromatic N) is 3. The number of piperazine rings is 1. The van der Waals surface area contributed by atoms with E-state index in [9.17, 15) is 17.2 Å². The molecule has 0 radical (unpaired) electrons. The fraction of sp³-hybridized carbons (Fsp3) is 0.421. The van der Waals surface area contributed by atoms with Gasteiger partial charge in [0.2, 0.25) is 0 Å². The molecule has 2 heterocycles. The Balaban J connectivity index is 1.76. The van der Waals surface area contributed by atoms with Crippen LogP contribution in [0, 0.1) is 0 Å². The second kappa shape index (κ2) is 7.42. The van der Waals surface area contributed by atoms with Crippen LogP contribution in [0.25, 0.3) is 11.0 Å². The zero-order valence-electron chi connectivity index (χ0n) is 15.9. The Bertz CT molecular complexity index is 1080. The molecule has 0 spiro atoms. The summed E-state index contributed by atoms with van der Waals surface area (Å²) in [5.74, 6) is -0.330. The van der Waals surface area contributed by atoms with E-state index in [0.717, 1.165) is 35.8 Å². The highest BCUT2D eigenvalue weighted by molar-refractivity contribution is 7.94. The molecule has 1 aromatic carbocycles. The number of aromatic nitrogens is 2. The lowest BCUT2D eigenvalue weighted by molar-refractivity contribution is -0.195. The molecule has 1 saturated heterocycles. The fourth-order valence-electron chi connectivity index (χ4n) is 3.61. The van der Waals surface area contributed by atoms with E-state index in [1.807, 2.05) is 6.07 Å². The first kappa shape index (κ1) is 19.8. The SMILES string of the molecule is CC(F)(F)OC1=CCCC=C1S(=O)(=O)n1cnc2c(N3CCNCC3)cccc21. The number of anilines is 1. The zero-order chi connectivity index (χ0) is 20.6. The first-order valence-electron chi connectivity index (χ1n) is 9.42. The Hall–Kier alpha value is -2.46. The number of imidazole rings is 1. The number of hydrogen-bond donors (Lipinski definition) is 1. The van der Waals surface area contributed by atoms with Crippen LogP contribution in [0.1, 0.15) is 19.8 Å². The molecule has 1 fully saturated rings. The molecular formula is C19H22F2N4O3S. The number of ether oxygens (including phenoxy) is 1. The van der Waals surface area contributed by atoms with Crippen molar-refractivity contribution >= 4 is 26.7 Å². The number of benzene rings is 1. The maximum Gasteiger partial charge on any atom is 0.394 e. The van der Waals surface area contributed by atoms with Crippen molar-refractivity contribution in [1.82, 2.24) is 14.3 Å². The lowest BCUT2D eigenvalue weighted by Crippen LogP contribution is -2.43. The van der Waals surface area contributed by atoms with E-state index in [4.69, 9.17) is 0 Å². The van der Waals surface area contributed by atoms with Gasteiger partial charge in [0, 0.05) is 33.1 Å². The van der Waals surface area contributed by atoms with Gasteiger partial charge in [-0.2, -0.15) is 8.78 Å². The maximum atomic E-state index is 13.4. The average molecular weight is 424 g/mol. The van der Waals surface area contributed by atoms with Gasteiger partial charge >= 0.3 is 6.11 Å². The fourth-order valence-corrected chi connectivity index (χ4v) is 5.11. The number of para-hydroxylation sites is 1. The molecule has 2 aliphatic rings. The molecule has 0 atom stereocenters. The third-order valence-corrected chi connectivity index (χ3v) is 6.61. The van der Waals surface area contributed by atoms with Crippen LogP contribution in [0.3, 0.4) is 0 Å². The Morgan fingerprint density at radius 3 is 2.62 bits per heavy atom. The minimum Gasteiger partial charge on any atom is -0.432 e. The molecule has 1 aliphatic carbocycles. The highest BCUT2D eigenvalue weighted by atomic mass is 32.2. The van der Waals surface area contributed by atoms with Gasteiger partial charge in [-0.1, -0.05) is 12.1 Å². The summed E-state index contributed by atoms with van der Waals surface area (Å²) in [4.78, 5) is 6.22. The van der Waals surface area contributed by atoms with Gasteiger partial charge in [-0.25, -0.2) is 17.4 Å². The summed E-state index contributed by atoms with van der Waals surface area (Å²) in [6, 6.07) is 5.34. The van der Waals surface area contributed by atoms with Gasteiger partial charge in [-0.3, -0.25) is 0 Å². The van der Waals surface area contributed by atoms with Crippen LogP contribution in [0.2, 0.25) is 0 Å². The van der Waals surface area contributed by atoms with Crippen molar-refractivity contribution < 1.29 is 21.9 Å². The lowest BCUT2D eigenvalue weighted by Gasteiger charge is -2.29. The number of fused-ring (bicyclic) bond motifs is 1. The largest absolute Gasteiger partial charge is 0.432 e. The highest BCUT2D eigenvalue weighted by Gasteiger charge is 2.33. The van der Waals surface area contributed by atoms with Gasteiger partial charge in [0.05, 0.1) is 11.2 Å². The van der Waals surface area contributed by atoms with Gasteiger partial charge in [0.25, 0.3) is 10.0 Å². The Labute approximate surface area is 167 Å². The van der Waals surface area contributed by atoms with E-state index < -0.39 is 16.1 Å². The quantitative estimate of drug-likeness (QED) is 0.796. The minimum atomic E-state index is -4.16. The summed E-state index contributed by atoms with van der Waals surface area (Å²) in [6.45, 7) is 3.82. The summed E-state index contributed by atoms with van der Waals surface area (Å²) >= 11 is 0.